The lowest BCUT2D eigenvalue weighted by atomic mass is 9.78. The van der Waals surface area contributed by atoms with Gasteiger partial charge in [-0.1, -0.05) is 24.3 Å². The molecule has 0 saturated carbocycles. The fourth-order valence-corrected chi connectivity index (χ4v) is 2.20. The lowest BCUT2D eigenvalue weighted by Crippen LogP contribution is -2.35. The van der Waals surface area contributed by atoms with Crippen molar-refractivity contribution >= 4 is 0 Å². The third-order valence-electron chi connectivity index (χ3n) is 3.56. The number of rotatable bonds is 2. The zero-order valence-electron chi connectivity index (χ0n) is 10.3. The van der Waals surface area contributed by atoms with Crippen molar-refractivity contribution in [3.05, 3.63) is 47.5 Å². The Morgan fingerprint density at radius 3 is 1.50 bits per heavy atom. The molecule has 0 radical (unpaired) electrons. The molecule has 16 heavy (non-hydrogen) atoms. The smallest absolute Gasteiger partial charge is 0.108 e. The van der Waals surface area contributed by atoms with E-state index in [2.05, 4.69) is 38.1 Å². The van der Waals surface area contributed by atoms with Gasteiger partial charge in [-0.2, -0.15) is 0 Å². The molecule has 0 saturated heterocycles. The fourth-order valence-electron chi connectivity index (χ4n) is 2.20. The molecule has 1 aromatic carbocycles. The average molecular weight is 218 g/mol. The Labute approximate surface area is 96.9 Å². The van der Waals surface area contributed by atoms with Crippen LogP contribution >= 0.6 is 0 Å². The van der Waals surface area contributed by atoms with Crippen LogP contribution in [0.25, 0.3) is 0 Å². The zero-order valence-corrected chi connectivity index (χ0v) is 10.3. The van der Waals surface area contributed by atoms with E-state index in [9.17, 15) is 0 Å². The minimum absolute atomic E-state index is 0.353. The summed E-state index contributed by atoms with van der Waals surface area (Å²) in [4.78, 5) is 0. The Bertz CT molecular complexity index is 385. The molecule has 2 rings (SSSR count). The Morgan fingerprint density at radius 2 is 1.19 bits per heavy atom. The minimum Gasteiger partial charge on any atom is -0.370 e. The van der Waals surface area contributed by atoms with Crippen molar-refractivity contribution in [1.29, 1.82) is 0 Å². The van der Waals surface area contributed by atoms with Crippen LogP contribution in [-0.2, 0) is 20.7 Å². The molecular weight excluding hydrogens is 200 g/mol. The van der Waals surface area contributed by atoms with E-state index in [0.29, 0.717) is 0 Å². The predicted molar refractivity (Wildman–Crippen MR) is 64.3 cm³/mol. The van der Waals surface area contributed by atoms with Gasteiger partial charge in [0.25, 0.3) is 0 Å². The SMILES string of the molecule is CO[C@]1(C)C=C[C@](C)(OC)c2ccccc21. The minimum atomic E-state index is -0.353. The van der Waals surface area contributed by atoms with E-state index in [1.54, 1.807) is 14.2 Å². The molecule has 0 amide bonds. The van der Waals surface area contributed by atoms with E-state index >= 15 is 0 Å². The topological polar surface area (TPSA) is 18.5 Å². The van der Waals surface area contributed by atoms with Crippen molar-refractivity contribution in [1.82, 2.24) is 0 Å². The summed E-state index contributed by atoms with van der Waals surface area (Å²) < 4.78 is 11.2. The molecule has 0 unspecified atom stereocenters. The summed E-state index contributed by atoms with van der Waals surface area (Å²) in [6.45, 7) is 4.13. The second-order valence-electron chi connectivity index (χ2n) is 4.50. The van der Waals surface area contributed by atoms with Crippen molar-refractivity contribution in [3.63, 3.8) is 0 Å². The number of fused-ring (bicyclic) bond motifs is 1. The maximum Gasteiger partial charge on any atom is 0.108 e. The van der Waals surface area contributed by atoms with Crippen molar-refractivity contribution in [2.24, 2.45) is 0 Å². The number of ether oxygens (including phenoxy) is 2. The number of methoxy groups -OCH3 is 2. The van der Waals surface area contributed by atoms with Crippen LogP contribution in [0.1, 0.15) is 25.0 Å². The van der Waals surface area contributed by atoms with Crippen molar-refractivity contribution in [2.45, 2.75) is 25.0 Å². The molecule has 2 nitrogen and oxygen atoms in total. The van der Waals surface area contributed by atoms with Gasteiger partial charge in [0.15, 0.2) is 0 Å². The standard InChI is InChI=1S/C14H18O2/c1-13(15-3)9-10-14(2,16-4)12-8-6-5-7-11(12)13/h5-10H,1-4H3/t13-,14+. The summed E-state index contributed by atoms with van der Waals surface area (Å²) in [6, 6.07) is 8.26. The van der Waals surface area contributed by atoms with Crippen LogP contribution < -0.4 is 0 Å². The van der Waals surface area contributed by atoms with Crippen molar-refractivity contribution in [3.8, 4) is 0 Å². The van der Waals surface area contributed by atoms with E-state index in [1.807, 2.05) is 12.1 Å². The average Bonchev–Trinajstić information content (AvgIpc) is 2.35. The maximum atomic E-state index is 5.60. The lowest BCUT2D eigenvalue weighted by molar-refractivity contribution is 0.00928. The second-order valence-corrected chi connectivity index (χ2v) is 4.50. The van der Waals surface area contributed by atoms with E-state index in [0.717, 1.165) is 0 Å². The Morgan fingerprint density at radius 1 is 0.812 bits per heavy atom. The highest BCUT2D eigenvalue weighted by atomic mass is 16.5. The maximum absolute atomic E-state index is 5.60. The molecule has 0 aromatic heterocycles. The lowest BCUT2D eigenvalue weighted by Gasteiger charge is -2.38. The summed E-state index contributed by atoms with van der Waals surface area (Å²) in [5.74, 6) is 0. The highest BCUT2D eigenvalue weighted by Crippen LogP contribution is 2.41. The summed E-state index contributed by atoms with van der Waals surface area (Å²) in [7, 11) is 3.47. The molecule has 1 aliphatic carbocycles. The van der Waals surface area contributed by atoms with Gasteiger partial charge in [-0.25, -0.2) is 0 Å². The summed E-state index contributed by atoms with van der Waals surface area (Å²) in [5.41, 5.74) is 1.64. The number of hydrogen-bond acceptors (Lipinski definition) is 2. The van der Waals surface area contributed by atoms with Crippen LogP contribution in [0.4, 0.5) is 0 Å². The summed E-state index contributed by atoms with van der Waals surface area (Å²) in [6.07, 6.45) is 4.14. The highest BCUT2D eigenvalue weighted by molar-refractivity contribution is 5.45. The van der Waals surface area contributed by atoms with Gasteiger partial charge in [-0.3, -0.25) is 0 Å². The molecule has 86 valence electrons. The molecule has 1 aromatic rings. The van der Waals surface area contributed by atoms with Gasteiger partial charge in [0.1, 0.15) is 11.2 Å². The van der Waals surface area contributed by atoms with Gasteiger partial charge in [-0.05, 0) is 37.1 Å². The molecule has 0 spiro atoms. The van der Waals surface area contributed by atoms with E-state index < -0.39 is 0 Å². The summed E-state index contributed by atoms with van der Waals surface area (Å²) >= 11 is 0. The molecule has 1 aliphatic rings. The Hall–Kier alpha value is -1.12. The monoisotopic (exact) mass is 218 g/mol. The van der Waals surface area contributed by atoms with Crippen LogP contribution in [0.5, 0.6) is 0 Å². The van der Waals surface area contributed by atoms with Crippen LogP contribution in [0.15, 0.2) is 36.4 Å². The first-order chi connectivity index (χ1) is 7.56. The molecule has 2 atom stereocenters. The second kappa shape index (κ2) is 3.72. The first kappa shape index (κ1) is 11.4. The van der Waals surface area contributed by atoms with E-state index in [1.165, 1.54) is 11.1 Å². The van der Waals surface area contributed by atoms with Gasteiger partial charge < -0.3 is 9.47 Å². The molecule has 0 heterocycles. The first-order valence-corrected chi connectivity index (χ1v) is 5.46. The predicted octanol–water partition coefficient (Wildman–Crippen LogP) is 2.98. The van der Waals surface area contributed by atoms with Gasteiger partial charge in [-0.15, -0.1) is 0 Å². The van der Waals surface area contributed by atoms with Gasteiger partial charge in [0.2, 0.25) is 0 Å². The van der Waals surface area contributed by atoms with Crippen molar-refractivity contribution < 1.29 is 9.47 Å². The molecule has 0 aliphatic heterocycles. The van der Waals surface area contributed by atoms with Gasteiger partial charge >= 0.3 is 0 Å². The third kappa shape index (κ3) is 1.49. The molecule has 0 bridgehead atoms. The number of hydrogen-bond donors (Lipinski definition) is 0. The molecule has 2 heteroatoms. The summed E-state index contributed by atoms with van der Waals surface area (Å²) in [5, 5.41) is 0. The number of benzene rings is 1. The molecule has 0 N–H and O–H groups in total. The molecular formula is C14H18O2. The first-order valence-electron chi connectivity index (χ1n) is 5.46. The van der Waals surface area contributed by atoms with E-state index in [-0.39, 0.29) is 11.2 Å². The third-order valence-corrected chi connectivity index (χ3v) is 3.56. The van der Waals surface area contributed by atoms with Gasteiger partial charge in [0.05, 0.1) is 0 Å². The highest BCUT2D eigenvalue weighted by Gasteiger charge is 2.37. The zero-order chi connectivity index (χ0) is 11.8. The Kier molecular flexibility index (Phi) is 2.64. The van der Waals surface area contributed by atoms with E-state index in [4.69, 9.17) is 9.47 Å². The van der Waals surface area contributed by atoms with Crippen LogP contribution in [0, 0.1) is 0 Å². The molecule has 0 fully saturated rings. The van der Waals surface area contributed by atoms with Crippen LogP contribution in [0.2, 0.25) is 0 Å². The fraction of sp³-hybridized carbons (Fsp3) is 0.429. The van der Waals surface area contributed by atoms with Gasteiger partial charge in [0, 0.05) is 14.2 Å². The largest absolute Gasteiger partial charge is 0.370 e. The van der Waals surface area contributed by atoms with Crippen LogP contribution in [0.3, 0.4) is 0 Å². The quantitative estimate of drug-likeness (QED) is 0.710. The van der Waals surface area contributed by atoms with Crippen LogP contribution in [-0.4, -0.2) is 14.2 Å². The normalized spacial score (nSPS) is 32.5. The Balaban J connectivity index is 2.64. The van der Waals surface area contributed by atoms with Crippen molar-refractivity contribution in [2.75, 3.05) is 14.2 Å².